The van der Waals surface area contributed by atoms with Crippen LogP contribution in [-0.2, 0) is 14.9 Å². The summed E-state index contributed by atoms with van der Waals surface area (Å²) in [7, 11) is 3.54. The highest BCUT2D eigenvalue weighted by atomic mass is 16.5. The topological polar surface area (TPSA) is 55.3 Å². The second-order valence-corrected chi connectivity index (χ2v) is 7.92. The lowest BCUT2D eigenvalue weighted by Gasteiger charge is -2.38. The molecule has 0 saturated carbocycles. The van der Waals surface area contributed by atoms with Gasteiger partial charge in [0.25, 0.3) is 0 Å². The Labute approximate surface area is 162 Å². The summed E-state index contributed by atoms with van der Waals surface area (Å²) in [5.41, 5.74) is 1.24. The molecule has 3 rings (SSSR count). The van der Waals surface area contributed by atoms with E-state index in [0.29, 0.717) is 6.61 Å². The quantitative estimate of drug-likeness (QED) is 0.633. The number of nitrogens with zero attached hydrogens (tertiary/aromatic N) is 2. The SMILES string of the molecule is CN=C(NCC(C)(C)c1ccc(OC)cc1)N1CCOC(C2CCCO2)C1. The van der Waals surface area contributed by atoms with Crippen LogP contribution in [0.3, 0.4) is 0 Å². The monoisotopic (exact) mass is 375 g/mol. The van der Waals surface area contributed by atoms with E-state index in [-0.39, 0.29) is 17.6 Å². The molecule has 0 bridgehead atoms. The lowest BCUT2D eigenvalue weighted by atomic mass is 9.84. The molecule has 0 amide bonds. The number of aliphatic imine (C=N–C) groups is 1. The molecule has 0 spiro atoms. The van der Waals surface area contributed by atoms with E-state index in [9.17, 15) is 0 Å². The lowest BCUT2D eigenvalue weighted by Crippen LogP contribution is -2.54. The third-order valence-corrected chi connectivity index (χ3v) is 5.54. The minimum absolute atomic E-state index is 0.0253. The largest absolute Gasteiger partial charge is 0.497 e. The number of nitrogens with one attached hydrogen (secondary N) is 1. The highest BCUT2D eigenvalue weighted by Gasteiger charge is 2.32. The number of guanidine groups is 1. The number of morpholine rings is 1. The van der Waals surface area contributed by atoms with Gasteiger partial charge in [-0.2, -0.15) is 0 Å². The van der Waals surface area contributed by atoms with Gasteiger partial charge in [0.1, 0.15) is 11.9 Å². The zero-order valence-electron chi connectivity index (χ0n) is 17.0. The van der Waals surface area contributed by atoms with Crippen LogP contribution in [0.4, 0.5) is 0 Å². The van der Waals surface area contributed by atoms with Crippen LogP contribution < -0.4 is 10.1 Å². The molecule has 0 radical (unpaired) electrons. The number of benzene rings is 1. The maximum absolute atomic E-state index is 5.96. The van der Waals surface area contributed by atoms with E-state index in [2.05, 4.69) is 41.2 Å². The average molecular weight is 376 g/mol. The second-order valence-electron chi connectivity index (χ2n) is 7.92. The summed E-state index contributed by atoms with van der Waals surface area (Å²) in [5, 5.41) is 3.57. The number of rotatable bonds is 5. The van der Waals surface area contributed by atoms with Gasteiger partial charge in [0.05, 0.1) is 19.8 Å². The first-order valence-corrected chi connectivity index (χ1v) is 9.87. The van der Waals surface area contributed by atoms with Gasteiger partial charge in [-0.15, -0.1) is 0 Å². The molecule has 1 aromatic rings. The fraction of sp³-hybridized carbons (Fsp3) is 0.667. The van der Waals surface area contributed by atoms with E-state index in [1.165, 1.54) is 5.56 Å². The fourth-order valence-electron chi connectivity index (χ4n) is 3.77. The van der Waals surface area contributed by atoms with Crippen molar-refractivity contribution in [3.63, 3.8) is 0 Å². The molecule has 2 unspecified atom stereocenters. The van der Waals surface area contributed by atoms with Gasteiger partial charge in [-0.3, -0.25) is 4.99 Å². The van der Waals surface area contributed by atoms with E-state index in [1.54, 1.807) is 7.11 Å². The number of ether oxygens (including phenoxy) is 3. The van der Waals surface area contributed by atoms with Gasteiger partial charge in [0, 0.05) is 38.7 Å². The average Bonchev–Trinajstić information content (AvgIpc) is 3.23. The summed E-state index contributed by atoms with van der Waals surface area (Å²) in [6, 6.07) is 8.29. The summed E-state index contributed by atoms with van der Waals surface area (Å²) in [6.45, 7) is 8.53. The molecule has 2 heterocycles. The van der Waals surface area contributed by atoms with Crippen LogP contribution in [0.5, 0.6) is 5.75 Å². The summed E-state index contributed by atoms with van der Waals surface area (Å²) in [6.07, 6.45) is 2.58. The standard InChI is InChI=1S/C21H33N3O3/c1-21(2,16-7-9-17(25-4)10-8-16)15-23-20(22-3)24-11-13-27-19(14-24)18-6-5-12-26-18/h7-10,18-19H,5-6,11-15H2,1-4H3,(H,22,23). The Hall–Kier alpha value is -1.79. The molecule has 6 nitrogen and oxygen atoms in total. The maximum Gasteiger partial charge on any atom is 0.193 e. The molecule has 2 fully saturated rings. The Bertz CT molecular complexity index is 624. The van der Waals surface area contributed by atoms with Gasteiger partial charge in [0.15, 0.2) is 5.96 Å². The highest BCUT2D eigenvalue weighted by Crippen LogP contribution is 2.25. The number of methoxy groups -OCH3 is 1. The van der Waals surface area contributed by atoms with Gasteiger partial charge in [-0.05, 0) is 30.5 Å². The molecule has 2 saturated heterocycles. The predicted molar refractivity (Wildman–Crippen MR) is 108 cm³/mol. The van der Waals surface area contributed by atoms with Crippen molar-refractivity contribution in [3.05, 3.63) is 29.8 Å². The van der Waals surface area contributed by atoms with E-state index in [0.717, 1.165) is 50.8 Å². The molecule has 0 aliphatic carbocycles. The smallest absolute Gasteiger partial charge is 0.193 e. The molecule has 150 valence electrons. The van der Waals surface area contributed by atoms with Crippen molar-refractivity contribution in [2.75, 3.05) is 47.0 Å². The Balaban J connectivity index is 1.58. The molecule has 2 atom stereocenters. The van der Waals surface area contributed by atoms with Gasteiger partial charge >= 0.3 is 0 Å². The van der Waals surface area contributed by atoms with Crippen LogP contribution >= 0.6 is 0 Å². The van der Waals surface area contributed by atoms with E-state index in [1.807, 2.05) is 19.2 Å². The van der Waals surface area contributed by atoms with Crippen molar-refractivity contribution >= 4 is 5.96 Å². The van der Waals surface area contributed by atoms with E-state index < -0.39 is 0 Å². The number of hydrogen-bond donors (Lipinski definition) is 1. The Morgan fingerprint density at radius 2 is 1.96 bits per heavy atom. The highest BCUT2D eigenvalue weighted by molar-refractivity contribution is 5.80. The molecule has 27 heavy (non-hydrogen) atoms. The van der Waals surface area contributed by atoms with Crippen molar-refractivity contribution in [3.8, 4) is 5.75 Å². The normalized spacial score (nSPS) is 24.1. The predicted octanol–water partition coefficient (Wildman–Crippen LogP) is 2.43. The van der Waals surface area contributed by atoms with Gasteiger partial charge < -0.3 is 24.4 Å². The fourth-order valence-corrected chi connectivity index (χ4v) is 3.77. The van der Waals surface area contributed by atoms with Gasteiger partial charge in [0.2, 0.25) is 0 Å². The summed E-state index contributed by atoms with van der Waals surface area (Å²) in [4.78, 5) is 6.80. The Morgan fingerprint density at radius 1 is 1.22 bits per heavy atom. The zero-order chi connectivity index (χ0) is 19.3. The van der Waals surface area contributed by atoms with Crippen molar-refractivity contribution in [2.45, 2.75) is 44.3 Å². The number of hydrogen-bond acceptors (Lipinski definition) is 4. The molecule has 1 aromatic carbocycles. The van der Waals surface area contributed by atoms with Gasteiger partial charge in [-0.1, -0.05) is 26.0 Å². The van der Waals surface area contributed by atoms with Gasteiger partial charge in [-0.25, -0.2) is 0 Å². The Morgan fingerprint density at radius 3 is 2.59 bits per heavy atom. The minimum atomic E-state index is -0.0253. The summed E-state index contributed by atoms with van der Waals surface area (Å²) >= 11 is 0. The molecule has 1 N–H and O–H groups in total. The molecule has 6 heteroatoms. The summed E-state index contributed by atoms with van der Waals surface area (Å²) in [5.74, 6) is 1.81. The van der Waals surface area contributed by atoms with Crippen LogP contribution in [0.25, 0.3) is 0 Å². The van der Waals surface area contributed by atoms with E-state index in [4.69, 9.17) is 14.2 Å². The second kappa shape index (κ2) is 8.93. The first-order chi connectivity index (χ1) is 13.0. The maximum atomic E-state index is 5.96. The summed E-state index contributed by atoms with van der Waals surface area (Å²) < 4.78 is 17.1. The van der Waals surface area contributed by atoms with Crippen LogP contribution in [0.1, 0.15) is 32.3 Å². The van der Waals surface area contributed by atoms with Crippen LogP contribution in [0.15, 0.2) is 29.3 Å². The first-order valence-electron chi connectivity index (χ1n) is 9.87. The molecular weight excluding hydrogens is 342 g/mol. The molecular formula is C21H33N3O3. The first kappa shape index (κ1) is 20.0. The molecule has 0 aromatic heterocycles. The third-order valence-electron chi connectivity index (χ3n) is 5.54. The molecule has 2 aliphatic heterocycles. The van der Waals surface area contributed by atoms with Crippen LogP contribution in [0, 0.1) is 0 Å². The third kappa shape index (κ3) is 4.93. The van der Waals surface area contributed by atoms with Crippen molar-refractivity contribution < 1.29 is 14.2 Å². The van der Waals surface area contributed by atoms with Crippen molar-refractivity contribution in [2.24, 2.45) is 4.99 Å². The van der Waals surface area contributed by atoms with Crippen molar-refractivity contribution in [1.82, 2.24) is 10.2 Å². The van der Waals surface area contributed by atoms with Crippen LogP contribution in [0.2, 0.25) is 0 Å². The Kier molecular flexibility index (Phi) is 6.60. The van der Waals surface area contributed by atoms with Crippen molar-refractivity contribution in [1.29, 1.82) is 0 Å². The van der Waals surface area contributed by atoms with E-state index >= 15 is 0 Å². The van der Waals surface area contributed by atoms with Crippen LogP contribution in [-0.4, -0.2) is 70.1 Å². The molecule has 2 aliphatic rings. The zero-order valence-corrected chi connectivity index (χ0v) is 17.0. The lowest BCUT2D eigenvalue weighted by molar-refractivity contribution is -0.0817. The minimum Gasteiger partial charge on any atom is -0.497 e.